The van der Waals surface area contributed by atoms with E-state index in [1.54, 1.807) is 31.4 Å². The molecule has 0 bridgehead atoms. The number of methoxy groups -OCH3 is 1. The number of hydrogen-bond donors (Lipinski definition) is 1. The molecule has 9 heteroatoms. The first-order chi connectivity index (χ1) is 11.0. The molecule has 0 unspecified atom stereocenters. The summed E-state index contributed by atoms with van der Waals surface area (Å²) in [5.74, 6) is 0.944. The smallest absolute Gasteiger partial charge is 0.299 e. The van der Waals surface area contributed by atoms with Crippen molar-refractivity contribution in [3.63, 3.8) is 0 Å². The normalized spacial score (nSPS) is 10.2. The van der Waals surface area contributed by atoms with E-state index in [9.17, 15) is 14.9 Å². The molecule has 1 heterocycles. The van der Waals surface area contributed by atoms with Gasteiger partial charge < -0.3 is 14.8 Å². The van der Waals surface area contributed by atoms with Crippen molar-refractivity contribution in [1.82, 2.24) is 5.32 Å². The molecule has 1 aromatic carbocycles. The number of nitro groups is 1. The van der Waals surface area contributed by atoms with Crippen LogP contribution in [0.5, 0.6) is 11.5 Å². The molecule has 0 saturated carbocycles. The van der Waals surface area contributed by atoms with Gasteiger partial charge in [-0.05, 0) is 24.3 Å². The molecule has 2 aromatic rings. The Bertz CT molecular complexity index is 702. The van der Waals surface area contributed by atoms with Crippen molar-refractivity contribution in [2.24, 2.45) is 0 Å². The number of benzene rings is 1. The van der Waals surface area contributed by atoms with Gasteiger partial charge in [-0.2, -0.15) is 0 Å². The highest BCUT2D eigenvalue weighted by atomic mass is 35.5. The topological polar surface area (TPSA) is 90.7 Å². The van der Waals surface area contributed by atoms with Gasteiger partial charge in [-0.15, -0.1) is 11.3 Å². The zero-order valence-corrected chi connectivity index (χ0v) is 13.6. The van der Waals surface area contributed by atoms with E-state index in [2.05, 4.69) is 5.32 Å². The molecule has 1 amide bonds. The molecule has 7 nitrogen and oxygen atoms in total. The lowest BCUT2D eigenvalue weighted by atomic mass is 10.3. The summed E-state index contributed by atoms with van der Waals surface area (Å²) in [5.41, 5.74) is -0.267. The van der Waals surface area contributed by atoms with Crippen LogP contribution in [0.25, 0.3) is 0 Å². The fourth-order valence-corrected chi connectivity index (χ4v) is 2.83. The molecule has 0 radical (unpaired) electrons. The molecule has 0 aliphatic carbocycles. The van der Waals surface area contributed by atoms with E-state index in [0.717, 1.165) is 23.2 Å². The SMILES string of the molecule is COc1ccc(OCCNC(=O)c2cc([N+](=O)[O-])c(Cl)s2)cc1. The van der Waals surface area contributed by atoms with Gasteiger partial charge in [-0.25, -0.2) is 0 Å². The van der Waals surface area contributed by atoms with Crippen molar-refractivity contribution in [2.45, 2.75) is 0 Å². The number of carbonyl (C=O) groups excluding carboxylic acids is 1. The van der Waals surface area contributed by atoms with Gasteiger partial charge in [0.2, 0.25) is 0 Å². The summed E-state index contributed by atoms with van der Waals surface area (Å²) < 4.78 is 10.5. The second kappa shape index (κ2) is 7.80. The summed E-state index contributed by atoms with van der Waals surface area (Å²) >= 11 is 6.58. The Morgan fingerprint density at radius 2 is 2.00 bits per heavy atom. The number of halogens is 1. The van der Waals surface area contributed by atoms with Gasteiger partial charge in [0.25, 0.3) is 11.6 Å². The summed E-state index contributed by atoms with van der Waals surface area (Å²) in [6.07, 6.45) is 0. The Balaban J connectivity index is 1.80. The van der Waals surface area contributed by atoms with Crippen LogP contribution in [0.3, 0.4) is 0 Å². The first-order valence-electron chi connectivity index (χ1n) is 6.50. The monoisotopic (exact) mass is 356 g/mol. The van der Waals surface area contributed by atoms with Crippen LogP contribution in [0.15, 0.2) is 30.3 Å². The van der Waals surface area contributed by atoms with Crippen molar-refractivity contribution in [1.29, 1.82) is 0 Å². The fraction of sp³-hybridized carbons (Fsp3) is 0.214. The molecule has 122 valence electrons. The van der Waals surface area contributed by atoms with Gasteiger partial charge in [0.1, 0.15) is 23.0 Å². The highest BCUT2D eigenvalue weighted by molar-refractivity contribution is 7.18. The Hall–Kier alpha value is -2.32. The molecule has 1 N–H and O–H groups in total. The van der Waals surface area contributed by atoms with E-state index in [0.29, 0.717) is 5.75 Å². The zero-order valence-electron chi connectivity index (χ0n) is 12.1. The third-order valence-electron chi connectivity index (χ3n) is 2.81. The molecule has 2 rings (SSSR count). The molecular weight excluding hydrogens is 344 g/mol. The highest BCUT2D eigenvalue weighted by Gasteiger charge is 2.20. The van der Waals surface area contributed by atoms with E-state index >= 15 is 0 Å². The fourth-order valence-electron chi connectivity index (χ4n) is 1.69. The Labute approximate surface area is 140 Å². The van der Waals surface area contributed by atoms with E-state index in [4.69, 9.17) is 21.1 Å². The zero-order chi connectivity index (χ0) is 16.8. The molecule has 0 saturated heterocycles. The number of thiophene rings is 1. The summed E-state index contributed by atoms with van der Waals surface area (Å²) in [7, 11) is 1.58. The minimum atomic E-state index is -0.623. The lowest BCUT2D eigenvalue weighted by Crippen LogP contribution is -2.27. The minimum Gasteiger partial charge on any atom is -0.497 e. The standard InChI is InChI=1S/C14H13ClN2O5S/c1-21-9-2-4-10(5-3-9)22-7-6-16-14(18)12-8-11(17(19)20)13(15)23-12/h2-5,8H,6-7H2,1H3,(H,16,18). The van der Waals surface area contributed by atoms with Crippen molar-refractivity contribution in [2.75, 3.05) is 20.3 Å². The average molecular weight is 357 g/mol. The van der Waals surface area contributed by atoms with Crippen molar-refractivity contribution < 1.29 is 19.2 Å². The number of amides is 1. The van der Waals surface area contributed by atoms with Crippen LogP contribution >= 0.6 is 22.9 Å². The van der Waals surface area contributed by atoms with E-state index in [-0.39, 0.29) is 28.1 Å². The van der Waals surface area contributed by atoms with E-state index < -0.39 is 10.8 Å². The average Bonchev–Trinajstić information content (AvgIpc) is 2.94. The van der Waals surface area contributed by atoms with Gasteiger partial charge >= 0.3 is 0 Å². The minimum absolute atomic E-state index is 0.0189. The lowest BCUT2D eigenvalue weighted by Gasteiger charge is -2.07. The van der Waals surface area contributed by atoms with Crippen LogP contribution in [-0.2, 0) is 0 Å². The van der Waals surface area contributed by atoms with E-state index in [1.165, 1.54) is 0 Å². The summed E-state index contributed by atoms with van der Waals surface area (Å²) in [6.45, 7) is 0.521. The van der Waals surface area contributed by atoms with Crippen LogP contribution in [-0.4, -0.2) is 31.1 Å². The van der Waals surface area contributed by atoms with Crippen molar-refractivity contribution in [3.8, 4) is 11.5 Å². The molecule has 1 aromatic heterocycles. The van der Waals surface area contributed by atoms with E-state index in [1.807, 2.05) is 0 Å². The summed E-state index contributed by atoms with van der Waals surface area (Å²) in [6, 6.07) is 8.19. The van der Waals surface area contributed by atoms with Crippen molar-refractivity contribution >= 4 is 34.5 Å². The van der Waals surface area contributed by atoms with Gasteiger partial charge in [0, 0.05) is 6.07 Å². The predicted octanol–water partition coefficient (Wildman–Crippen LogP) is 3.13. The Morgan fingerprint density at radius 1 is 1.35 bits per heavy atom. The molecule has 0 aliphatic heterocycles. The Kier molecular flexibility index (Phi) is 5.78. The van der Waals surface area contributed by atoms with Crippen LogP contribution in [0.1, 0.15) is 9.67 Å². The van der Waals surface area contributed by atoms with Gasteiger partial charge in [-0.1, -0.05) is 11.6 Å². The number of rotatable bonds is 7. The maximum atomic E-state index is 11.9. The maximum absolute atomic E-state index is 11.9. The highest BCUT2D eigenvalue weighted by Crippen LogP contribution is 2.33. The Morgan fingerprint density at radius 3 is 2.57 bits per heavy atom. The third-order valence-corrected chi connectivity index (χ3v) is 4.14. The molecule has 0 fully saturated rings. The van der Waals surface area contributed by atoms with Gasteiger partial charge in [0.05, 0.1) is 18.6 Å². The van der Waals surface area contributed by atoms with Crippen LogP contribution in [0.4, 0.5) is 5.69 Å². The van der Waals surface area contributed by atoms with Gasteiger partial charge in [-0.3, -0.25) is 14.9 Å². The number of carbonyl (C=O) groups is 1. The van der Waals surface area contributed by atoms with Crippen molar-refractivity contribution in [3.05, 3.63) is 49.7 Å². The number of nitrogens with one attached hydrogen (secondary N) is 1. The third kappa shape index (κ3) is 4.57. The first kappa shape index (κ1) is 17.0. The molecule has 0 aliphatic rings. The molecule has 0 spiro atoms. The first-order valence-corrected chi connectivity index (χ1v) is 7.69. The number of nitrogens with zero attached hydrogens (tertiary/aromatic N) is 1. The predicted molar refractivity (Wildman–Crippen MR) is 86.8 cm³/mol. The summed E-state index contributed by atoms with van der Waals surface area (Å²) in [5, 5.41) is 13.3. The van der Waals surface area contributed by atoms with Crippen LogP contribution in [0.2, 0.25) is 4.34 Å². The second-order valence-electron chi connectivity index (χ2n) is 4.31. The maximum Gasteiger partial charge on any atom is 0.299 e. The molecule has 23 heavy (non-hydrogen) atoms. The second-order valence-corrected chi connectivity index (χ2v) is 5.96. The van der Waals surface area contributed by atoms with Crippen LogP contribution in [0, 0.1) is 10.1 Å². The molecular formula is C14H13ClN2O5S. The number of hydrogen-bond acceptors (Lipinski definition) is 6. The van der Waals surface area contributed by atoms with Gasteiger partial charge in [0.15, 0.2) is 4.34 Å². The quantitative estimate of drug-likeness (QED) is 0.467. The lowest BCUT2D eigenvalue weighted by molar-refractivity contribution is -0.384. The number of ether oxygens (including phenoxy) is 2. The summed E-state index contributed by atoms with van der Waals surface area (Å²) in [4.78, 5) is 22.1. The molecule has 0 atom stereocenters. The van der Waals surface area contributed by atoms with Crippen LogP contribution < -0.4 is 14.8 Å². The largest absolute Gasteiger partial charge is 0.497 e.